The van der Waals surface area contributed by atoms with E-state index in [0.717, 1.165) is 5.56 Å². The molecule has 1 aromatic rings. The molecule has 0 saturated carbocycles. The fourth-order valence-corrected chi connectivity index (χ4v) is 1.99. The zero-order valence-corrected chi connectivity index (χ0v) is 8.25. The Bertz CT molecular complexity index is 366. The molecule has 0 heterocycles. The van der Waals surface area contributed by atoms with Gasteiger partial charge in [0.15, 0.2) is 0 Å². The molecule has 0 aliphatic rings. The molecule has 4 heteroatoms. The predicted molar refractivity (Wildman–Crippen MR) is 56.1 cm³/mol. The van der Waals surface area contributed by atoms with Gasteiger partial charge >= 0.3 is 0 Å². The van der Waals surface area contributed by atoms with E-state index < -0.39 is 9.99 Å². The van der Waals surface area contributed by atoms with Gasteiger partial charge in [0, 0.05) is 11.9 Å². The first-order valence-corrected chi connectivity index (χ1v) is 5.63. The summed E-state index contributed by atoms with van der Waals surface area (Å²) in [5.41, 5.74) is 0.746. The first kappa shape index (κ1) is 10.2. The predicted octanol–water partition coefficient (Wildman–Crippen LogP) is 1.12. The van der Waals surface area contributed by atoms with E-state index in [0.29, 0.717) is 6.54 Å². The Morgan fingerprint density at radius 3 is 2.62 bits per heavy atom. The Morgan fingerprint density at radius 2 is 2.08 bits per heavy atom. The van der Waals surface area contributed by atoms with E-state index in [9.17, 15) is 8.76 Å². The van der Waals surface area contributed by atoms with Crippen molar-refractivity contribution in [2.24, 2.45) is 0 Å². The second-order valence-corrected chi connectivity index (χ2v) is 4.26. The molecule has 0 amide bonds. The lowest BCUT2D eigenvalue weighted by Gasteiger charge is -2.02. The van der Waals surface area contributed by atoms with Crippen LogP contribution in [-0.4, -0.2) is 20.7 Å². The van der Waals surface area contributed by atoms with E-state index in [1.807, 2.05) is 18.2 Å². The minimum absolute atomic E-state index is 0.471. The average Bonchev–Trinajstić information content (AvgIpc) is 2.04. The molecule has 0 saturated heterocycles. The third-order valence-corrected chi connectivity index (χ3v) is 2.74. The lowest BCUT2D eigenvalue weighted by Crippen LogP contribution is -2.24. The van der Waals surface area contributed by atoms with Crippen molar-refractivity contribution >= 4 is 15.4 Å². The molecule has 72 valence electrons. The van der Waals surface area contributed by atoms with Crippen molar-refractivity contribution < 1.29 is 8.76 Å². The molecular weight excluding hydrogens is 186 g/mol. The summed E-state index contributed by atoms with van der Waals surface area (Å²) in [5.74, 6) is 0. The van der Waals surface area contributed by atoms with E-state index in [-0.39, 0.29) is 0 Å². The lowest BCUT2D eigenvalue weighted by atomic mass is 10.2. The van der Waals surface area contributed by atoms with Crippen LogP contribution >= 0.6 is 0 Å². The molecule has 0 fully saturated rings. The highest BCUT2D eigenvalue weighted by Crippen LogP contribution is 1.95. The molecule has 0 radical (unpaired) electrons. The van der Waals surface area contributed by atoms with Crippen LogP contribution in [0.25, 0.3) is 0 Å². The van der Waals surface area contributed by atoms with E-state index in [1.165, 1.54) is 5.37 Å². The van der Waals surface area contributed by atoms with Crippen LogP contribution < -0.4 is 4.72 Å². The Balaban J connectivity index is 2.94. The van der Waals surface area contributed by atoms with Gasteiger partial charge in [0.2, 0.25) is 0 Å². The number of hydrogen-bond acceptors (Lipinski definition) is 1. The average molecular weight is 199 g/mol. The Labute approximate surface area is 78.8 Å². The maximum absolute atomic E-state index is 11.3. The zero-order chi connectivity index (χ0) is 9.73. The number of rotatable bonds is 3. The summed E-state index contributed by atoms with van der Waals surface area (Å²) < 4.78 is 23.2. The second kappa shape index (κ2) is 4.41. The molecule has 1 unspecified atom stereocenters. The first-order chi connectivity index (χ1) is 6.14. The highest BCUT2D eigenvalue weighted by Gasteiger charge is 1.97. The van der Waals surface area contributed by atoms with Crippen molar-refractivity contribution in [1.29, 1.82) is 0 Å². The van der Waals surface area contributed by atoms with E-state index in [2.05, 4.69) is 4.72 Å². The van der Waals surface area contributed by atoms with E-state index in [1.54, 1.807) is 19.1 Å². The van der Waals surface area contributed by atoms with Crippen molar-refractivity contribution in [2.45, 2.75) is 6.92 Å². The number of benzene rings is 1. The first-order valence-electron chi connectivity index (χ1n) is 4.05. The van der Waals surface area contributed by atoms with Crippen molar-refractivity contribution in [2.75, 3.05) is 6.54 Å². The van der Waals surface area contributed by atoms with Crippen molar-refractivity contribution in [3.63, 3.8) is 0 Å². The normalized spacial score (nSPS) is 14.9. The number of hydrogen-bond donors (Lipinski definition) is 2. The summed E-state index contributed by atoms with van der Waals surface area (Å²) in [7, 11) is -3.01. The molecule has 0 bridgehead atoms. The van der Waals surface area contributed by atoms with Gasteiger partial charge in [-0.15, -0.1) is 0 Å². The minimum Gasteiger partial charge on any atom is -0.302 e. The van der Waals surface area contributed by atoms with Crippen LogP contribution in [0.4, 0.5) is 0 Å². The maximum atomic E-state index is 11.3. The van der Waals surface area contributed by atoms with Gasteiger partial charge in [0.05, 0.1) is 0 Å². The van der Waals surface area contributed by atoms with Gasteiger partial charge in [-0.3, -0.25) is 0 Å². The quantitative estimate of drug-likeness (QED) is 0.717. The molecule has 1 atom stereocenters. The maximum Gasteiger partial charge on any atom is 0.145 e. The summed E-state index contributed by atoms with van der Waals surface area (Å²) in [4.78, 5) is 0. The molecule has 13 heavy (non-hydrogen) atoms. The monoisotopic (exact) mass is 199 g/mol. The zero-order valence-electron chi connectivity index (χ0n) is 7.43. The van der Waals surface area contributed by atoms with E-state index >= 15 is 0 Å². The summed E-state index contributed by atoms with van der Waals surface area (Å²) in [6.07, 6.45) is 0. The standard InChI is InChI=1S/C9H13NO2S/c1-2-10-13(11,12)8-9-6-4-3-5-7-9/h3-8H,2H2,1H3,(H2,10,11,12). The minimum atomic E-state index is -3.01. The fourth-order valence-electron chi connectivity index (χ4n) is 0.965. The lowest BCUT2D eigenvalue weighted by molar-refractivity contribution is 0.546. The smallest absolute Gasteiger partial charge is 0.145 e. The summed E-state index contributed by atoms with van der Waals surface area (Å²) in [5, 5.41) is 1.33. The topological polar surface area (TPSA) is 49.3 Å². The van der Waals surface area contributed by atoms with Gasteiger partial charge < -0.3 is 4.55 Å². The highest BCUT2D eigenvalue weighted by atomic mass is 32.2. The fraction of sp³-hybridized carbons (Fsp3) is 0.222. The molecule has 0 spiro atoms. The van der Waals surface area contributed by atoms with Crippen LogP contribution in [-0.2, 0) is 9.99 Å². The molecule has 1 rings (SSSR count). The van der Waals surface area contributed by atoms with Crippen LogP contribution in [0.5, 0.6) is 0 Å². The van der Waals surface area contributed by atoms with Gasteiger partial charge in [0.25, 0.3) is 0 Å². The molecule has 0 aliphatic heterocycles. The van der Waals surface area contributed by atoms with Gasteiger partial charge in [0.1, 0.15) is 9.99 Å². The third-order valence-electron chi connectivity index (χ3n) is 1.45. The van der Waals surface area contributed by atoms with Crippen LogP contribution in [0.3, 0.4) is 0 Å². The molecular formula is C9H13NO2S. The van der Waals surface area contributed by atoms with Gasteiger partial charge in [-0.05, 0) is 5.56 Å². The highest BCUT2D eigenvalue weighted by molar-refractivity contribution is 7.94. The van der Waals surface area contributed by atoms with Crippen molar-refractivity contribution in [3.05, 3.63) is 35.9 Å². The Morgan fingerprint density at radius 1 is 1.46 bits per heavy atom. The number of nitrogens with one attached hydrogen (secondary N) is 1. The SMILES string of the molecule is CCNS(=O)(O)=Cc1ccccc1. The molecule has 1 aromatic carbocycles. The molecule has 3 nitrogen and oxygen atoms in total. The Hall–Kier alpha value is -0.840. The summed E-state index contributed by atoms with van der Waals surface area (Å²) in [6.45, 7) is 2.26. The summed E-state index contributed by atoms with van der Waals surface area (Å²) in [6, 6.07) is 9.09. The van der Waals surface area contributed by atoms with Crippen LogP contribution in [0.15, 0.2) is 30.3 Å². The van der Waals surface area contributed by atoms with Crippen LogP contribution in [0, 0.1) is 0 Å². The third kappa shape index (κ3) is 3.59. The van der Waals surface area contributed by atoms with Gasteiger partial charge in [-0.1, -0.05) is 37.3 Å². The summed E-state index contributed by atoms with van der Waals surface area (Å²) >= 11 is 0. The largest absolute Gasteiger partial charge is 0.302 e. The van der Waals surface area contributed by atoms with E-state index in [4.69, 9.17) is 0 Å². The van der Waals surface area contributed by atoms with Gasteiger partial charge in [-0.25, -0.2) is 8.93 Å². The van der Waals surface area contributed by atoms with Crippen LogP contribution in [0.1, 0.15) is 12.5 Å². The van der Waals surface area contributed by atoms with Crippen molar-refractivity contribution in [1.82, 2.24) is 4.72 Å². The molecule has 2 N–H and O–H groups in total. The Kier molecular flexibility index (Phi) is 3.48. The molecule has 0 aliphatic carbocycles. The van der Waals surface area contributed by atoms with Crippen LogP contribution in [0.2, 0.25) is 0 Å². The van der Waals surface area contributed by atoms with Crippen molar-refractivity contribution in [3.8, 4) is 0 Å². The second-order valence-electron chi connectivity index (χ2n) is 2.60. The molecule has 0 aromatic heterocycles. The van der Waals surface area contributed by atoms with Gasteiger partial charge in [-0.2, -0.15) is 0 Å².